The van der Waals surface area contributed by atoms with Crippen molar-refractivity contribution in [3.8, 4) is 33.4 Å². The van der Waals surface area contributed by atoms with E-state index < -0.39 is 0 Å². The maximum absolute atomic E-state index is 2.30. The van der Waals surface area contributed by atoms with Crippen LogP contribution in [0.1, 0.15) is 0 Å². The Morgan fingerprint density at radius 3 is 1.66 bits per heavy atom. The summed E-state index contributed by atoms with van der Waals surface area (Å²) < 4.78 is 0. The van der Waals surface area contributed by atoms with Gasteiger partial charge in [-0.15, -0.1) is 0 Å². The Balaban J connectivity index is 1.56. The van der Waals surface area contributed by atoms with Crippen molar-refractivity contribution in [1.29, 1.82) is 0 Å². The molecule has 0 radical (unpaired) electrons. The van der Waals surface area contributed by atoms with E-state index in [2.05, 4.69) is 133 Å². The molecule has 6 aromatic rings. The van der Waals surface area contributed by atoms with E-state index in [-0.39, 0.29) is 0 Å². The van der Waals surface area contributed by atoms with Crippen molar-refractivity contribution in [3.63, 3.8) is 0 Å². The molecule has 0 spiro atoms. The maximum Gasteiger partial charge on any atom is -0.00987 e. The van der Waals surface area contributed by atoms with Crippen molar-refractivity contribution in [1.82, 2.24) is 0 Å². The van der Waals surface area contributed by atoms with E-state index in [0.29, 0.717) is 0 Å². The Bertz CT molecular complexity index is 1550. The van der Waals surface area contributed by atoms with Gasteiger partial charge in [0.05, 0.1) is 0 Å². The monoisotopic (exact) mass is 406 g/mol. The van der Waals surface area contributed by atoms with Crippen molar-refractivity contribution in [2.24, 2.45) is 0 Å². The van der Waals surface area contributed by atoms with E-state index in [1.165, 1.54) is 54.9 Å². The lowest BCUT2D eigenvalue weighted by Crippen LogP contribution is -1.88. The Hall–Kier alpha value is -4.16. The van der Waals surface area contributed by atoms with E-state index in [0.717, 1.165) is 0 Å². The molecular formula is C32H22. The third-order valence-electron chi connectivity index (χ3n) is 6.28. The minimum atomic E-state index is 1.24. The molecule has 0 aliphatic rings. The van der Waals surface area contributed by atoms with Gasteiger partial charge in [-0.1, -0.05) is 127 Å². The molecule has 0 nitrogen and oxygen atoms in total. The topological polar surface area (TPSA) is 0 Å². The van der Waals surface area contributed by atoms with Gasteiger partial charge in [0, 0.05) is 0 Å². The third kappa shape index (κ3) is 3.18. The van der Waals surface area contributed by atoms with Crippen molar-refractivity contribution in [3.05, 3.63) is 133 Å². The minimum Gasteiger partial charge on any atom is -0.0622 e. The molecule has 0 heterocycles. The first kappa shape index (κ1) is 18.6. The molecule has 0 fully saturated rings. The summed E-state index contributed by atoms with van der Waals surface area (Å²) in [4.78, 5) is 0. The van der Waals surface area contributed by atoms with Gasteiger partial charge in [-0.2, -0.15) is 0 Å². The molecule has 0 aliphatic carbocycles. The Morgan fingerprint density at radius 2 is 0.812 bits per heavy atom. The molecule has 0 aliphatic heterocycles. The first-order chi connectivity index (χ1) is 15.9. The van der Waals surface area contributed by atoms with E-state index >= 15 is 0 Å². The lowest BCUT2D eigenvalue weighted by Gasteiger charge is -2.14. The molecule has 0 saturated carbocycles. The number of rotatable bonds is 3. The summed E-state index contributed by atoms with van der Waals surface area (Å²) in [6, 6.07) is 48.0. The van der Waals surface area contributed by atoms with Crippen LogP contribution in [0.3, 0.4) is 0 Å². The van der Waals surface area contributed by atoms with E-state index in [1.54, 1.807) is 0 Å². The highest BCUT2D eigenvalue weighted by atomic mass is 14.2. The summed E-state index contributed by atoms with van der Waals surface area (Å²) in [7, 11) is 0. The van der Waals surface area contributed by atoms with Crippen LogP contribution in [0.2, 0.25) is 0 Å². The summed E-state index contributed by atoms with van der Waals surface area (Å²) in [6.45, 7) is 0. The predicted octanol–water partition coefficient (Wildman–Crippen LogP) is 8.99. The molecule has 6 aromatic carbocycles. The van der Waals surface area contributed by atoms with Gasteiger partial charge in [-0.25, -0.2) is 0 Å². The lowest BCUT2D eigenvalue weighted by atomic mass is 9.89. The van der Waals surface area contributed by atoms with Gasteiger partial charge in [0.15, 0.2) is 0 Å². The zero-order chi connectivity index (χ0) is 21.3. The quantitative estimate of drug-likeness (QED) is 0.275. The Labute approximate surface area is 188 Å². The molecule has 0 atom stereocenters. The number of fused-ring (bicyclic) bond motifs is 2. The van der Waals surface area contributed by atoms with Crippen molar-refractivity contribution in [2.45, 2.75) is 0 Å². The smallest absolute Gasteiger partial charge is 0.00987 e. The van der Waals surface area contributed by atoms with Crippen molar-refractivity contribution >= 4 is 21.5 Å². The third-order valence-corrected chi connectivity index (χ3v) is 6.28. The summed E-state index contributed by atoms with van der Waals surface area (Å²) in [5, 5.41) is 5.13. The summed E-state index contributed by atoms with van der Waals surface area (Å²) in [5.74, 6) is 0. The summed E-state index contributed by atoms with van der Waals surface area (Å²) in [5.41, 5.74) is 7.55. The highest BCUT2D eigenvalue weighted by Gasteiger charge is 2.12. The average Bonchev–Trinajstić information content (AvgIpc) is 2.88. The lowest BCUT2D eigenvalue weighted by molar-refractivity contribution is 1.60. The fraction of sp³-hybridized carbons (Fsp3) is 0. The summed E-state index contributed by atoms with van der Waals surface area (Å²) >= 11 is 0. The predicted molar refractivity (Wildman–Crippen MR) is 138 cm³/mol. The van der Waals surface area contributed by atoms with Crippen LogP contribution in [0, 0.1) is 0 Å². The van der Waals surface area contributed by atoms with Crippen LogP contribution in [-0.2, 0) is 0 Å². The molecule has 0 heteroatoms. The van der Waals surface area contributed by atoms with Crippen LogP contribution < -0.4 is 0 Å². The van der Waals surface area contributed by atoms with Gasteiger partial charge in [-0.05, 0) is 61.0 Å². The zero-order valence-corrected chi connectivity index (χ0v) is 17.7. The standard InChI is InChI=1S/C32H22/c1-2-10-23(11-3-1)25-14-8-15-26(22-25)28-20-21-32(31-18-7-6-17-29(28)31)30-19-9-13-24-12-4-5-16-27(24)30/h1-22H. The second-order valence-electron chi connectivity index (χ2n) is 8.18. The molecule has 32 heavy (non-hydrogen) atoms. The van der Waals surface area contributed by atoms with Crippen molar-refractivity contribution in [2.75, 3.05) is 0 Å². The normalized spacial score (nSPS) is 11.1. The van der Waals surface area contributed by atoms with Crippen LogP contribution >= 0.6 is 0 Å². The van der Waals surface area contributed by atoms with Gasteiger partial charge in [0.1, 0.15) is 0 Å². The second kappa shape index (κ2) is 7.83. The fourth-order valence-electron chi connectivity index (χ4n) is 4.74. The van der Waals surface area contributed by atoms with Gasteiger partial charge < -0.3 is 0 Å². The first-order valence-corrected chi connectivity index (χ1v) is 11.0. The minimum absolute atomic E-state index is 1.24. The maximum atomic E-state index is 2.30. The van der Waals surface area contributed by atoms with Crippen LogP contribution in [0.5, 0.6) is 0 Å². The van der Waals surface area contributed by atoms with E-state index in [4.69, 9.17) is 0 Å². The Kier molecular flexibility index (Phi) is 4.55. The highest BCUT2D eigenvalue weighted by molar-refractivity contribution is 6.09. The number of hydrogen-bond acceptors (Lipinski definition) is 0. The molecule has 0 unspecified atom stereocenters. The molecule has 0 N–H and O–H groups in total. The Morgan fingerprint density at radius 1 is 0.281 bits per heavy atom. The van der Waals surface area contributed by atoms with Gasteiger partial charge >= 0.3 is 0 Å². The van der Waals surface area contributed by atoms with Gasteiger partial charge in [0.2, 0.25) is 0 Å². The molecular weight excluding hydrogens is 384 g/mol. The molecule has 0 saturated heterocycles. The molecule has 0 bridgehead atoms. The SMILES string of the molecule is c1ccc(-c2cccc(-c3ccc(-c4cccc5ccccc45)c4ccccc34)c2)cc1. The highest BCUT2D eigenvalue weighted by Crippen LogP contribution is 2.39. The second-order valence-corrected chi connectivity index (χ2v) is 8.18. The van der Waals surface area contributed by atoms with E-state index in [1.807, 2.05) is 0 Å². The zero-order valence-electron chi connectivity index (χ0n) is 17.7. The average molecular weight is 407 g/mol. The fourth-order valence-corrected chi connectivity index (χ4v) is 4.74. The van der Waals surface area contributed by atoms with Crippen LogP contribution in [-0.4, -0.2) is 0 Å². The van der Waals surface area contributed by atoms with Crippen molar-refractivity contribution < 1.29 is 0 Å². The number of hydrogen-bond donors (Lipinski definition) is 0. The van der Waals surface area contributed by atoms with Crippen LogP contribution in [0.4, 0.5) is 0 Å². The molecule has 0 aromatic heterocycles. The molecule has 6 rings (SSSR count). The van der Waals surface area contributed by atoms with Crippen LogP contribution in [0.25, 0.3) is 54.9 Å². The molecule has 150 valence electrons. The summed E-state index contributed by atoms with van der Waals surface area (Å²) in [6.07, 6.45) is 0. The molecule has 0 amide bonds. The van der Waals surface area contributed by atoms with E-state index in [9.17, 15) is 0 Å². The number of benzene rings is 6. The van der Waals surface area contributed by atoms with Gasteiger partial charge in [-0.3, -0.25) is 0 Å². The largest absolute Gasteiger partial charge is 0.0622 e. The first-order valence-electron chi connectivity index (χ1n) is 11.0. The van der Waals surface area contributed by atoms with Crippen LogP contribution in [0.15, 0.2) is 133 Å². The van der Waals surface area contributed by atoms with Gasteiger partial charge in [0.25, 0.3) is 0 Å².